The van der Waals surface area contributed by atoms with Crippen LogP contribution in [0.1, 0.15) is 32.1 Å². The van der Waals surface area contributed by atoms with E-state index in [0.29, 0.717) is 8.77 Å². The Balaban J connectivity index is 1.94. The molecule has 3 rings (SSSR count). The van der Waals surface area contributed by atoms with Gasteiger partial charge in [-0.3, -0.25) is 0 Å². The molecule has 3 aliphatic rings. The van der Waals surface area contributed by atoms with E-state index in [0.717, 1.165) is 31.1 Å². The Morgan fingerprint density at radius 2 is 1.21 bits per heavy atom. The minimum absolute atomic E-state index is 0.195. The molecule has 6 heteroatoms. The van der Waals surface area contributed by atoms with Crippen molar-refractivity contribution < 1.29 is 9.47 Å². The van der Waals surface area contributed by atoms with Gasteiger partial charge in [-0.1, -0.05) is 23.5 Å². The van der Waals surface area contributed by atoms with Crippen molar-refractivity contribution in [3.63, 3.8) is 0 Å². The van der Waals surface area contributed by atoms with Crippen LogP contribution in [0.25, 0.3) is 0 Å². The van der Waals surface area contributed by atoms with Gasteiger partial charge in [-0.15, -0.1) is 0 Å². The first-order chi connectivity index (χ1) is 9.10. The highest BCUT2D eigenvalue weighted by molar-refractivity contribution is 8.22. The predicted molar refractivity (Wildman–Crippen MR) is 92.0 cm³/mol. The molecular formula is C13H20O2S4. The summed E-state index contributed by atoms with van der Waals surface area (Å²) in [6.45, 7) is 0. The van der Waals surface area contributed by atoms with Gasteiger partial charge in [-0.2, -0.15) is 0 Å². The molecule has 19 heavy (non-hydrogen) atoms. The molecule has 0 aliphatic heterocycles. The van der Waals surface area contributed by atoms with E-state index >= 15 is 0 Å². The second kappa shape index (κ2) is 7.48. The summed E-state index contributed by atoms with van der Waals surface area (Å²) in [7, 11) is 0. The molecule has 3 fully saturated rings. The average molecular weight is 337 g/mol. The molecule has 0 N–H and O–H groups in total. The van der Waals surface area contributed by atoms with Crippen molar-refractivity contribution in [3.8, 4) is 0 Å². The van der Waals surface area contributed by atoms with Crippen molar-refractivity contribution in [2.45, 2.75) is 44.3 Å². The van der Waals surface area contributed by atoms with Gasteiger partial charge in [-0.05, 0) is 74.5 Å². The second-order valence-corrected chi connectivity index (χ2v) is 8.12. The Bertz CT molecular complexity index is 312. The number of ether oxygens (including phenoxy) is 2. The van der Waals surface area contributed by atoms with Crippen LogP contribution in [0.3, 0.4) is 0 Å². The first-order valence-electron chi connectivity index (χ1n) is 6.60. The Labute approximate surface area is 134 Å². The molecule has 3 aliphatic carbocycles. The van der Waals surface area contributed by atoms with Crippen molar-refractivity contribution in [3.05, 3.63) is 0 Å². The topological polar surface area (TPSA) is 18.5 Å². The summed E-state index contributed by atoms with van der Waals surface area (Å²) in [4.78, 5) is 0. The second-order valence-electron chi connectivity index (χ2n) is 5.30. The summed E-state index contributed by atoms with van der Waals surface area (Å²) in [5, 5.41) is 0. The van der Waals surface area contributed by atoms with E-state index < -0.39 is 0 Å². The zero-order chi connectivity index (χ0) is 13.8. The highest BCUT2D eigenvalue weighted by Crippen LogP contribution is 2.44. The minimum atomic E-state index is 0.195. The number of hydrogen-bond donors (Lipinski definition) is 0. The van der Waals surface area contributed by atoms with Gasteiger partial charge in [-0.25, -0.2) is 0 Å². The third-order valence-corrected chi connectivity index (χ3v) is 5.96. The third-order valence-electron chi connectivity index (χ3n) is 3.91. The Hall–Kier alpha value is 0.480. The van der Waals surface area contributed by atoms with E-state index in [4.69, 9.17) is 33.9 Å². The molecule has 0 aromatic carbocycles. The molecule has 2 atom stereocenters. The SMILES string of the molecule is CSC(=S)O[C@@H]1CC2CC(C2)C[C@H](OC(=S)SC)C1. The van der Waals surface area contributed by atoms with Gasteiger partial charge in [0.2, 0.25) is 8.77 Å². The highest BCUT2D eigenvalue weighted by Gasteiger charge is 2.38. The van der Waals surface area contributed by atoms with Crippen LogP contribution in [-0.2, 0) is 9.47 Å². The maximum atomic E-state index is 5.88. The molecule has 0 aromatic rings. The lowest BCUT2D eigenvalue weighted by Crippen LogP contribution is -2.38. The summed E-state index contributed by atoms with van der Waals surface area (Å²) in [5.41, 5.74) is 0. The lowest BCUT2D eigenvalue weighted by molar-refractivity contribution is 0.00693. The molecule has 2 bridgehead atoms. The number of rotatable bonds is 2. The predicted octanol–water partition coefficient (Wildman–Crippen LogP) is 4.26. The largest absolute Gasteiger partial charge is 0.475 e. The van der Waals surface area contributed by atoms with Gasteiger partial charge < -0.3 is 9.47 Å². The fourth-order valence-electron chi connectivity index (χ4n) is 3.05. The van der Waals surface area contributed by atoms with Gasteiger partial charge in [0.05, 0.1) is 0 Å². The number of hydrogen-bond acceptors (Lipinski definition) is 6. The standard InChI is InChI=1S/C13H20O2S4/c1-18-12(16)14-10-5-8-3-9(4-8)6-11(7-10)15-13(17)19-2/h8-11H,3-7H2,1-2H3/t8?,9?,10-,11+. The van der Waals surface area contributed by atoms with Crippen LogP contribution < -0.4 is 0 Å². The van der Waals surface area contributed by atoms with E-state index in [9.17, 15) is 0 Å². The van der Waals surface area contributed by atoms with Crippen LogP contribution in [0.2, 0.25) is 0 Å². The maximum Gasteiger partial charge on any atom is 0.219 e. The van der Waals surface area contributed by atoms with Crippen LogP contribution >= 0.6 is 48.0 Å². The summed E-state index contributed by atoms with van der Waals surface area (Å²) in [6, 6.07) is 0. The third kappa shape index (κ3) is 4.76. The Morgan fingerprint density at radius 1 is 0.789 bits per heavy atom. The van der Waals surface area contributed by atoms with Crippen LogP contribution in [0.15, 0.2) is 0 Å². The molecule has 2 nitrogen and oxygen atoms in total. The van der Waals surface area contributed by atoms with Crippen molar-refractivity contribution in [1.29, 1.82) is 0 Å². The van der Waals surface area contributed by atoms with Gasteiger partial charge in [0.15, 0.2) is 0 Å². The first kappa shape index (κ1) is 15.9. The van der Waals surface area contributed by atoms with Crippen LogP contribution in [0, 0.1) is 11.8 Å². The first-order valence-corrected chi connectivity index (χ1v) is 9.86. The Morgan fingerprint density at radius 3 is 1.58 bits per heavy atom. The normalized spacial score (nSPS) is 33.6. The van der Waals surface area contributed by atoms with Crippen LogP contribution in [0.5, 0.6) is 0 Å². The fourth-order valence-corrected chi connectivity index (χ4v) is 3.79. The van der Waals surface area contributed by atoms with Crippen molar-refractivity contribution >= 4 is 56.7 Å². The summed E-state index contributed by atoms with van der Waals surface area (Å²) in [6.07, 6.45) is 10.1. The molecule has 3 saturated carbocycles. The average Bonchev–Trinajstić information content (AvgIpc) is 2.31. The molecule has 0 amide bonds. The highest BCUT2D eigenvalue weighted by atomic mass is 32.2. The summed E-state index contributed by atoms with van der Waals surface area (Å²) < 4.78 is 13.1. The van der Waals surface area contributed by atoms with Gasteiger partial charge in [0.1, 0.15) is 12.2 Å². The maximum absolute atomic E-state index is 5.88. The van der Waals surface area contributed by atoms with Gasteiger partial charge in [0.25, 0.3) is 0 Å². The van der Waals surface area contributed by atoms with E-state index in [1.807, 2.05) is 12.5 Å². The Kier molecular flexibility index (Phi) is 6.24. The molecule has 0 radical (unpaired) electrons. The van der Waals surface area contributed by atoms with Crippen LogP contribution in [0.4, 0.5) is 0 Å². The van der Waals surface area contributed by atoms with Gasteiger partial charge in [0, 0.05) is 6.42 Å². The minimum Gasteiger partial charge on any atom is -0.475 e. The molecule has 0 spiro atoms. The van der Waals surface area contributed by atoms with Crippen LogP contribution in [-0.4, -0.2) is 33.5 Å². The van der Waals surface area contributed by atoms with E-state index in [2.05, 4.69) is 0 Å². The number of thiocarbonyl (C=S) groups is 2. The van der Waals surface area contributed by atoms with E-state index in [1.54, 1.807) is 0 Å². The molecular weight excluding hydrogens is 316 g/mol. The fraction of sp³-hybridized carbons (Fsp3) is 0.846. The summed E-state index contributed by atoms with van der Waals surface area (Å²) >= 11 is 13.4. The smallest absolute Gasteiger partial charge is 0.219 e. The quantitative estimate of drug-likeness (QED) is 0.696. The number of fused-ring (bicyclic) bond motifs is 4. The number of thioether (sulfide) groups is 2. The van der Waals surface area contributed by atoms with Crippen molar-refractivity contribution in [2.24, 2.45) is 11.8 Å². The van der Waals surface area contributed by atoms with Crippen molar-refractivity contribution in [2.75, 3.05) is 12.5 Å². The summed E-state index contributed by atoms with van der Waals surface area (Å²) in [5.74, 6) is 1.65. The van der Waals surface area contributed by atoms with Gasteiger partial charge >= 0.3 is 0 Å². The molecule has 108 valence electrons. The zero-order valence-corrected chi connectivity index (χ0v) is 14.6. The van der Waals surface area contributed by atoms with E-state index in [1.165, 1.54) is 36.4 Å². The molecule has 0 unspecified atom stereocenters. The monoisotopic (exact) mass is 336 g/mol. The molecule has 0 heterocycles. The molecule has 0 aromatic heterocycles. The van der Waals surface area contributed by atoms with E-state index in [-0.39, 0.29) is 12.2 Å². The molecule has 0 saturated heterocycles. The lowest BCUT2D eigenvalue weighted by atomic mass is 9.67. The zero-order valence-electron chi connectivity index (χ0n) is 11.3. The lowest BCUT2D eigenvalue weighted by Gasteiger charge is -2.42. The van der Waals surface area contributed by atoms with Crippen molar-refractivity contribution in [1.82, 2.24) is 0 Å².